The molecule has 0 bridgehead atoms. The lowest BCUT2D eigenvalue weighted by Gasteiger charge is -2.30. The predicted octanol–water partition coefficient (Wildman–Crippen LogP) is 3.98. The number of anilines is 2. The molecule has 2 aromatic carbocycles. The van der Waals surface area contributed by atoms with E-state index in [4.69, 9.17) is 4.98 Å². The summed E-state index contributed by atoms with van der Waals surface area (Å²) >= 11 is 0. The molecule has 0 aliphatic carbocycles. The second-order valence-electron chi connectivity index (χ2n) is 6.90. The number of nitrogens with zero attached hydrogens (tertiary/aromatic N) is 3. The molecule has 2 heterocycles. The second kappa shape index (κ2) is 6.02. The molecule has 1 aliphatic heterocycles. The summed E-state index contributed by atoms with van der Waals surface area (Å²) in [6.45, 7) is 3.58. The molecule has 0 saturated carbocycles. The Bertz CT molecular complexity index is 1030. The van der Waals surface area contributed by atoms with Crippen molar-refractivity contribution < 1.29 is 4.79 Å². The van der Waals surface area contributed by atoms with Crippen LogP contribution in [0.5, 0.6) is 0 Å². The maximum absolute atomic E-state index is 12.5. The highest BCUT2D eigenvalue weighted by atomic mass is 16.1. The van der Waals surface area contributed by atoms with Crippen molar-refractivity contribution in [2.24, 2.45) is 0 Å². The lowest BCUT2D eigenvalue weighted by atomic mass is 9.92. The molecular formula is C21H22N4O. The molecule has 0 spiro atoms. The van der Waals surface area contributed by atoms with Gasteiger partial charge >= 0.3 is 0 Å². The zero-order valence-electron chi connectivity index (χ0n) is 15.4. The van der Waals surface area contributed by atoms with Crippen LogP contribution in [-0.2, 0) is 4.79 Å². The van der Waals surface area contributed by atoms with E-state index in [0.29, 0.717) is 0 Å². The molecule has 0 fully saturated rings. The van der Waals surface area contributed by atoms with E-state index in [9.17, 15) is 4.79 Å². The number of para-hydroxylation sites is 2. The topological polar surface area (TPSA) is 50.2 Å². The number of allylic oxidation sites excluding steroid dienone is 2. The molecular weight excluding hydrogens is 324 g/mol. The molecule has 4 rings (SSSR count). The number of benzene rings is 2. The van der Waals surface area contributed by atoms with E-state index in [0.717, 1.165) is 39.5 Å². The molecule has 132 valence electrons. The zero-order valence-corrected chi connectivity index (χ0v) is 15.4. The first kappa shape index (κ1) is 16.4. The monoisotopic (exact) mass is 346 g/mol. The first-order valence-corrected chi connectivity index (χ1v) is 8.70. The van der Waals surface area contributed by atoms with Crippen molar-refractivity contribution in [3.05, 3.63) is 65.4 Å². The van der Waals surface area contributed by atoms with Crippen molar-refractivity contribution in [3.63, 3.8) is 0 Å². The minimum atomic E-state index is -0.188. The standard InChI is InChI=1S/C21H22N4O/c1-13-19(14(2)26)20(15-9-11-16(12-10-15)24(3)4)25-18-8-6-5-7-17(18)23-21(25)22-13/h5-12,20H,1-4H3,(H,22,23)/t20-/m1/s1. The maximum atomic E-state index is 12.5. The van der Waals surface area contributed by atoms with Gasteiger partial charge in [-0.25, -0.2) is 4.98 Å². The van der Waals surface area contributed by atoms with Crippen LogP contribution in [0.1, 0.15) is 25.5 Å². The Balaban J connectivity index is 1.96. The number of aromatic nitrogens is 2. The van der Waals surface area contributed by atoms with Crippen LogP contribution in [0.25, 0.3) is 11.0 Å². The average molecular weight is 346 g/mol. The van der Waals surface area contributed by atoms with Crippen molar-refractivity contribution in [1.29, 1.82) is 0 Å². The van der Waals surface area contributed by atoms with Crippen LogP contribution in [0.2, 0.25) is 0 Å². The third kappa shape index (κ3) is 2.47. The molecule has 1 N–H and O–H groups in total. The fourth-order valence-electron chi connectivity index (χ4n) is 3.69. The predicted molar refractivity (Wildman–Crippen MR) is 106 cm³/mol. The number of hydrogen-bond donors (Lipinski definition) is 1. The molecule has 5 nitrogen and oxygen atoms in total. The van der Waals surface area contributed by atoms with Gasteiger partial charge in [-0.05, 0) is 43.7 Å². The Hall–Kier alpha value is -3.08. The Morgan fingerprint density at radius 3 is 2.46 bits per heavy atom. The van der Waals surface area contributed by atoms with Crippen molar-refractivity contribution >= 4 is 28.5 Å². The summed E-state index contributed by atoms with van der Waals surface area (Å²) in [4.78, 5) is 19.3. The number of imidazole rings is 1. The lowest BCUT2D eigenvalue weighted by molar-refractivity contribution is -0.114. The van der Waals surface area contributed by atoms with Crippen LogP contribution in [-0.4, -0.2) is 29.4 Å². The Kier molecular flexibility index (Phi) is 3.80. The number of ketones is 1. The Labute approximate surface area is 153 Å². The van der Waals surface area contributed by atoms with Crippen molar-refractivity contribution in [3.8, 4) is 0 Å². The van der Waals surface area contributed by atoms with Crippen LogP contribution >= 0.6 is 0 Å². The SMILES string of the molecule is CC(=O)C1=C(C)Nc2nc3ccccc3n2[C@@H]1c1ccc(N(C)C)cc1. The van der Waals surface area contributed by atoms with Gasteiger partial charge in [0.15, 0.2) is 5.78 Å². The third-order valence-corrected chi connectivity index (χ3v) is 4.94. The molecule has 0 saturated heterocycles. The summed E-state index contributed by atoms with van der Waals surface area (Å²) in [7, 11) is 4.04. The normalized spacial score (nSPS) is 16.4. The highest BCUT2D eigenvalue weighted by molar-refractivity contribution is 5.97. The zero-order chi connectivity index (χ0) is 18.4. The van der Waals surface area contributed by atoms with Gasteiger partial charge in [-0.15, -0.1) is 0 Å². The number of carbonyl (C=O) groups excluding carboxylic acids is 1. The van der Waals surface area contributed by atoms with Gasteiger partial charge in [0.05, 0.1) is 17.1 Å². The van der Waals surface area contributed by atoms with E-state index in [1.54, 1.807) is 6.92 Å². The fourth-order valence-corrected chi connectivity index (χ4v) is 3.69. The fraction of sp³-hybridized carbons (Fsp3) is 0.238. The Morgan fingerprint density at radius 2 is 1.81 bits per heavy atom. The molecule has 1 aliphatic rings. The first-order chi connectivity index (χ1) is 12.5. The van der Waals surface area contributed by atoms with E-state index in [-0.39, 0.29) is 11.8 Å². The minimum absolute atomic E-state index is 0.0696. The summed E-state index contributed by atoms with van der Waals surface area (Å²) in [6, 6.07) is 16.2. The molecule has 26 heavy (non-hydrogen) atoms. The molecule has 5 heteroatoms. The number of fused-ring (bicyclic) bond motifs is 3. The maximum Gasteiger partial charge on any atom is 0.209 e. The third-order valence-electron chi connectivity index (χ3n) is 4.94. The summed E-state index contributed by atoms with van der Waals surface area (Å²) in [5, 5.41) is 3.31. The van der Waals surface area contributed by atoms with Gasteiger partial charge in [-0.2, -0.15) is 0 Å². The van der Waals surface area contributed by atoms with Crippen LogP contribution < -0.4 is 10.2 Å². The van der Waals surface area contributed by atoms with Crippen molar-refractivity contribution in [1.82, 2.24) is 9.55 Å². The largest absolute Gasteiger partial charge is 0.378 e. The minimum Gasteiger partial charge on any atom is -0.378 e. The number of hydrogen-bond acceptors (Lipinski definition) is 4. The van der Waals surface area contributed by atoms with Gasteiger partial charge in [-0.3, -0.25) is 9.36 Å². The number of Topliss-reactive ketones (excluding diaryl/α,β-unsaturated/α-hetero) is 1. The van der Waals surface area contributed by atoms with Crippen LogP contribution in [0.4, 0.5) is 11.6 Å². The summed E-state index contributed by atoms with van der Waals surface area (Å²) in [5.74, 6) is 0.843. The summed E-state index contributed by atoms with van der Waals surface area (Å²) in [6.07, 6.45) is 0. The van der Waals surface area contributed by atoms with Gasteiger partial charge in [0.25, 0.3) is 0 Å². The van der Waals surface area contributed by atoms with Crippen LogP contribution in [0, 0.1) is 0 Å². The molecule has 3 aromatic rings. The molecule has 0 radical (unpaired) electrons. The quantitative estimate of drug-likeness (QED) is 0.779. The smallest absolute Gasteiger partial charge is 0.209 e. The van der Waals surface area contributed by atoms with Crippen molar-refractivity contribution in [2.45, 2.75) is 19.9 Å². The van der Waals surface area contributed by atoms with E-state index in [1.165, 1.54) is 0 Å². The lowest BCUT2D eigenvalue weighted by Crippen LogP contribution is -2.27. The number of carbonyl (C=O) groups is 1. The highest BCUT2D eigenvalue weighted by Crippen LogP contribution is 2.39. The van der Waals surface area contributed by atoms with Crippen molar-refractivity contribution in [2.75, 3.05) is 24.3 Å². The van der Waals surface area contributed by atoms with E-state index < -0.39 is 0 Å². The first-order valence-electron chi connectivity index (χ1n) is 8.70. The summed E-state index contributed by atoms with van der Waals surface area (Å²) in [5.41, 5.74) is 5.78. The van der Waals surface area contributed by atoms with Gasteiger partial charge in [-0.1, -0.05) is 24.3 Å². The average Bonchev–Trinajstić information content (AvgIpc) is 2.98. The highest BCUT2D eigenvalue weighted by Gasteiger charge is 2.32. The van der Waals surface area contributed by atoms with Gasteiger partial charge in [0, 0.05) is 31.1 Å². The number of rotatable bonds is 3. The second-order valence-corrected chi connectivity index (χ2v) is 6.90. The van der Waals surface area contributed by atoms with E-state index in [2.05, 4.69) is 39.0 Å². The van der Waals surface area contributed by atoms with Crippen LogP contribution in [0.15, 0.2) is 59.8 Å². The molecule has 0 unspecified atom stereocenters. The van der Waals surface area contributed by atoms with E-state index in [1.807, 2.05) is 45.3 Å². The number of nitrogens with one attached hydrogen (secondary N) is 1. The van der Waals surface area contributed by atoms with Crippen LogP contribution in [0.3, 0.4) is 0 Å². The molecule has 1 atom stereocenters. The van der Waals surface area contributed by atoms with Gasteiger partial charge < -0.3 is 10.2 Å². The van der Waals surface area contributed by atoms with Gasteiger partial charge in [0.1, 0.15) is 0 Å². The molecule has 0 amide bonds. The van der Waals surface area contributed by atoms with Gasteiger partial charge in [0.2, 0.25) is 5.95 Å². The summed E-state index contributed by atoms with van der Waals surface area (Å²) < 4.78 is 2.13. The Morgan fingerprint density at radius 1 is 1.12 bits per heavy atom. The molecule has 1 aromatic heterocycles. The van der Waals surface area contributed by atoms with E-state index >= 15 is 0 Å².